The Morgan fingerprint density at radius 3 is 2.47 bits per heavy atom. The lowest BCUT2D eigenvalue weighted by Gasteiger charge is -2.32. The van der Waals surface area contributed by atoms with Gasteiger partial charge in [0, 0.05) is 55.9 Å². The number of carbonyl (C=O) groups excluding carboxylic acids is 2. The first-order chi connectivity index (χ1) is 15.6. The Labute approximate surface area is 185 Å². The maximum atomic E-state index is 12.9. The zero-order valence-electron chi connectivity index (χ0n) is 17.9. The number of hydrogen-bond acceptors (Lipinski definition) is 7. The van der Waals surface area contributed by atoms with Crippen LogP contribution in [-0.2, 0) is 4.74 Å². The van der Waals surface area contributed by atoms with Gasteiger partial charge in [-0.25, -0.2) is 4.98 Å². The van der Waals surface area contributed by atoms with E-state index < -0.39 is 0 Å². The van der Waals surface area contributed by atoms with E-state index in [1.54, 1.807) is 55.8 Å². The SMILES string of the molecule is CNC(=O)c1ccc(-c2ccc([C@@H]3CN(C(=O)c4ccnc(NC)c4)CCO3)nc2)cn1. The van der Waals surface area contributed by atoms with Crippen LogP contribution in [0.4, 0.5) is 5.82 Å². The largest absolute Gasteiger partial charge is 0.373 e. The minimum absolute atomic E-state index is 0.0592. The van der Waals surface area contributed by atoms with Crippen LogP contribution in [0.3, 0.4) is 0 Å². The number of amides is 2. The number of pyridine rings is 3. The van der Waals surface area contributed by atoms with E-state index in [2.05, 4.69) is 25.6 Å². The predicted molar refractivity (Wildman–Crippen MR) is 119 cm³/mol. The van der Waals surface area contributed by atoms with Crippen LogP contribution in [0, 0.1) is 0 Å². The van der Waals surface area contributed by atoms with E-state index in [9.17, 15) is 9.59 Å². The summed E-state index contributed by atoms with van der Waals surface area (Å²) >= 11 is 0. The minimum atomic E-state index is -0.305. The summed E-state index contributed by atoms with van der Waals surface area (Å²) in [5.41, 5.74) is 3.44. The summed E-state index contributed by atoms with van der Waals surface area (Å²) in [5.74, 6) is 0.361. The van der Waals surface area contributed by atoms with Crippen LogP contribution in [0.25, 0.3) is 11.1 Å². The third-order valence-corrected chi connectivity index (χ3v) is 5.29. The second kappa shape index (κ2) is 9.52. The van der Waals surface area contributed by atoms with Gasteiger partial charge in [0.15, 0.2) is 0 Å². The maximum absolute atomic E-state index is 12.9. The topological polar surface area (TPSA) is 109 Å². The zero-order valence-corrected chi connectivity index (χ0v) is 17.9. The van der Waals surface area contributed by atoms with Crippen molar-refractivity contribution in [2.45, 2.75) is 6.10 Å². The lowest BCUT2D eigenvalue weighted by Crippen LogP contribution is -2.42. The Kier molecular flexibility index (Phi) is 6.37. The van der Waals surface area contributed by atoms with Crippen LogP contribution in [0.1, 0.15) is 32.6 Å². The number of anilines is 1. The summed E-state index contributed by atoms with van der Waals surface area (Å²) in [6, 6.07) is 10.8. The second-order valence-electron chi connectivity index (χ2n) is 7.27. The van der Waals surface area contributed by atoms with E-state index in [0.717, 1.165) is 16.8 Å². The Balaban J connectivity index is 1.45. The van der Waals surface area contributed by atoms with Crippen molar-refractivity contribution >= 4 is 17.6 Å². The van der Waals surface area contributed by atoms with Gasteiger partial charge in [0.2, 0.25) is 0 Å². The molecule has 1 atom stereocenters. The van der Waals surface area contributed by atoms with E-state index in [0.29, 0.717) is 36.8 Å². The molecule has 1 saturated heterocycles. The zero-order chi connectivity index (χ0) is 22.5. The molecule has 4 rings (SSSR count). The molecular formula is C23H24N6O3. The lowest BCUT2D eigenvalue weighted by atomic mass is 10.1. The predicted octanol–water partition coefficient (Wildman–Crippen LogP) is 2.15. The third kappa shape index (κ3) is 4.57. The first-order valence-corrected chi connectivity index (χ1v) is 10.3. The molecule has 0 aliphatic carbocycles. The molecule has 0 unspecified atom stereocenters. The van der Waals surface area contributed by atoms with Crippen molar-refractivity contribution < 1.29 is 14.3 Å². The van der Waals surface area contributed by atoms with Crippen LogP contribution < -0.4 is 10.6 Å². The van der Waals surface area contributed by atoms with Gasteiger partial charge in [-0.2, -0.15) is 0 Å². The van der Waals surface area contributed by atoms with Crippen LogP contribution in [0.5, 0.6) is 0 Å². The molecule has 3 aromatic heterocycles. The molecule has 0 spiro atoms. The molecule has 9 nitrogen and oxygen atoms in total. The number of hydrogen-bond donors (Lipinski definition) is 2. The van der Waals surface area contributed by atoms with E-state index in [4.69, 9.17) is 4.74 Å². The molecule has 9 heteroatoms. The van der Waals surface area contributed by atoms with E-state index in [-0.39, 0.29) is 17.9 Å². The molecule has 2 amide bonds. The first kappa shape index (κ1) is 21.4. The molecule has 1 aliphatic rings. The highest BCUT2D eigenvalue weighted by Crippen LogP contribution is 2.25. The number of nitrogens with one attached hydrogen (secondary N) is 2. The molecule has 2 N–H and O–H groups in total. The van der Waals surface area contributed by atoms with Gasteiger partial charge in [-0.05, 0) is 24.3 Å². The molecule has 0 saturated carbocycles. The van der Waals surface area contributed by atoms with E-state index >= 15 is 0 Å². The van der Waals surface area contributed by atoms with Crippen LogP contribution in [0.15, 0.2) is 55.0 Å². The molecule has 0 radical (unpaired) electrons. The second-order valence-corrected chi connectivity index (χ2v) is 7.27. The average Bonchev–Trinajstić information content (AvgIpc) is 2.88. The third-order valence-electron chi connectivity index (χ3n) is 5.29. The Bertz CT molecular complexity index is 1100. The van der Waals surface area contributed by atoms with Crippen molar-refractivity contribution in [1.82, 2.24) is 25.2 Å². The number of morpholine rings is 1. The molecule has 0 aromatic carbocycles. The fourth-order valence-electron chi connectivity index (χ4n) is 3.49. The van der Waals surface area contributed by atoms with Gasteiger partial charge < -0.3 is 20.3 Å². The summed E-state index contributed by atoms with van der Waals surface area (Å²) in [5, 5.41) is 5.50. The van der Waals surface area contributed by atoms with Crippen molar-refractivity contribution in [3.05, 3.63) is 71.9 Å². The number of aromatic nitrogens is 3. The van der Waals surface area contributed by atoms with Crippen molar-refractivity contribution in [3.8, 4) is 11.1 Å². The molecule has 0 bridgehead atoms. The highest BCUT2D eigenvalue weighted by atomic mass is 16.5. The molecule has 3 aromatic rings. The summed E-state index contributed by atoms with van der Waals surface area (Å²) in [6.07, 6.45) is 4.71. The van der Waals surface area contributed by atoms with E-state index in [1.807, 2.05) is 18.2 Å². The quantitative estimate of drug-likeness (QED) is 0.636. The van der Waals surface area contributed by atoms with Crippen molar-refractivity contribution in [1.29, 1.82) is 0 Å². The lowest BCUT2D eigenvalue weighted by molar-refractivity contribution is -0.0247. The normalized spacial score (nSPS) is 15.8. The number of rotatable bonds is 5. The number of carbonyl (C=O) groups is 2. The summed E-state index contributed by atoms with van der Waals surface area (Å²) in [7, 11) is 3.34. The van der Waals surface area contributed by atoms with Crippen LogP contribution in [0.2, 0.25) is 0 Å². The molecule has 1 aliphatic heterocycles. The van der Waals surface area contributed by atoms with E-state index in [1.165, 1.54) is 0 Å². The van der Waals surface area contributed by atoms with Gasteiger partial charge >= 0.3 is 0 Å². The maximum Gasteiger partial charge on any atom is 0.269 e. The van der Waals surface area contributed by atoms with Crippen molar-refractivity contribution in [2.24, 2.45) is 0 Å². The highest BCUT2D eigenvalue weighted by molar-refractivity contribution is 5.95. The molecule has 32 heavy (non-hydrogen) atoms. The van der Waals surface area contributed by atoms with Crippen molar-refractivity contribution in [3.63, 3.8) is 0 Å². The van der Waals surface area contributed by atoms with Crippen LogP contribution in [-0.4, -0.2) is 65.5 Å². The first-order valence-electron chi connectivity index (χ1n) is 10.3. The fourth-order valence-corrected chi connectivity index (χ4v) is 3.49. The van der Waals surface area contributed by atoms with Gasteiger partial charge in [-0.1, -0.05) is 12.1 Å². The molecule has 4 heterocycles. The fraction of sp³-hybridized carbons (Fsp3) is 0.261. The average molecular weight is 432 g/mol. The van der Waals surface area contributed by atoms with Crippen LogP contribution >= 0.6 is 0 Å². The summed E-state index contributed by atoms with van der Waals surface area (Å²) in [4.78, 5) is 39.3. The Morgan fingerprint density at radius 1 is 1.03 bits per heavy atom. The van der Waals surface area contributed by atoms with Gasteiger partial charge in [-0.3, -0.25) is 19.6 Å². The number of nitrogens with zero attached hydrogens (tertiary/aromatic N) is 4. The van der Waals surface area contributed by atoms with Gasteiger partial charge in [0.05, 0.1) is 18.8 Å². The van der Waals surface area contributed by atoms with Gasteiger partial charge in [0.1, 0.15) is 17.6 Å². The summed E-state index contributed by atoms with van der Waals surface area (Å²) in [6.45, 7) is 1.38. The number of ether oxygens (including phenoxy) is 1. The Hall–Kier alpha value is -3.85. The van der Waals surface area contributed by atoms with Gasteiger partial charge in [0.25, 0.3) is 11.8 Å². The molecule has 164 valence electrons. The minimum Gasteiger partial charge on any atom is -0.373 e. The van der Waals surface area contributed by atoms with Gasteiger partial charge in [-0.15, -0.1) is 0 Å². The standard InChI is InChI=1S/C23H24N6O3/c1-24-21-11-15(7-8-26-21)23(31)29-9-10-32-20(14-29)18-5-3-16(12-27-18)17-4-6-19(28-13-17)22(30)25-2/h3-8,11-13,20H,9-10,14H2,1-2H3,(H,24,26)(H,25,30)/t20-/m0/s1. The van der Waals surface area contributed by atoms with Crippen molar-refractivity contribution in [2.75, 3.05) is 39.1 Å². The highest BCUT2D eigenvalue weighted by Gasteiger charge is 2.27. The molecular weight excluding hydrogens is 408 g/mol. The Morgan fingerprint density at radius 2 is 1.81 bits per heavy atom. The summed E-state index contributed by atoms with van der Waals surface area (Å²) < 4.78 is 5.89. The monoisotopic (exact) mass is 432 g/mol. The smallest absolute Gasteiger partial charge is 0.269 e. The molecule has 1 fully saturated rings.